The molecule has 1 aliphatic rings. The average molecular weight is 278 g/mol. The lowest BCUT2D eigenvalue weighted by molar-refractivity contribution is 0.0422. The van der Waals surface area contributed by atoms with Crippen LogP contribution in [0.15, 0.2) is 6.20 Å². The number of hydrogen-bond acceptors (Lipinski definition) is 4. The van der Waals surface area contributed by atoms with Crippen LogP contribution in [0.4, 0.5) is 0 Å². The van der Waals surface area contributed by atoms with Crippen molar-refractivity contribution in [3.05, 3.63) is 23.0 Å². The minimum Gasteiger partial charge on any atom is -0.496 e. The summed E-state index contributed by atoms with van der Waals surface area (Å²) < 4.78 is 5.47. The Bertz CT molecular complexity index is 476. The number of ether oxygens (including phenoxy) is 1. The normalized spacial score (nSPS) is 23.9. The first-order valence-corrected chi connectivity index (χ1v) is 7.31. The standard InChI is InChI=1S/C16H26N2O2/c1-12-8-17-14(13(2)15(12)20-4)9-18-7-5-6-16(3,10-18)11-19/h8,19H,5-7,9-11H2,1-4H3. The van der Waals surface area contributed by atoms with E-state index >= 15 is 0 Å². The second kappa shape index (κ2) is 6.10. The van der Waals surface area contributed by atoms with Crippen LogP contribution in [0, 0.1) is 19.3 Å². The Hall–Kier alpha value is -1.13. The lowest BCUT2D eigenvalue weighted by Crippen LogP contribution is -2.43. The third kappa shape index (κ3) is 3.13. The minimum atomic E-state index is 0.0287. The third-order valence-electron chi connectivity index (χ3n) is 4.36. The molecule has 2 rings (SSSR count). The van der Waals surface area contributed by atoms with E-state index in [1.54, 1.807) is 7.11 Å². The Morgan fingerprint density at radius 3 is 2.85 bits per heavy atom. The van der Waals surface area contributed by atoms with Gasteiger partial charge in [0, 0.05) is 42.4 Å². The van der Waals surface area contributed by atoms with Gasteiger partial charge in [-0.05, 0) is 33.2 Å². The van der Waals surface area contributed by atoms with E-state index in [0.717, 1.165) is 55.0 Å². The van der Waals surface area contributed by atoms with E-state index in [2.05, 4.69) is 23.7 Å². The summed E-state index contributed by atoms with van der Waals surface area (Å²) >= 11 is 0. The highest BCUT2D eigenvalue weighted by Crippen LogP contribution is 2.31. The van der Waals surface area contributed by atoms with Crippen molar-refractivity contribution in [2.45, 2.75) is 40.2 Å². The van der Waals surface area contributed by atoms with E-state index in [9.17, 15) is 5.11 Å². The molecule has 1 aromatic heterocycles. The van der Waals surface area contributed by atoms with Gasteiger partial charge in [-0.3, -0.25) is 9.88 Å². The first-order valence-electron chi connectivity index (χ1n) is 7.31. The van der Waals surface area contributed by atoms with Gasteiger partial charge in [0.25, 0.3) is 0 Å². The summed E-state index contributed by atoms with van der Waals surface area (Å²) in [5.74, 6) is 0.942. The number of aryl methyl sites for hydroxylation is 1. The van der Waals surface area contributed by atoms with Crippen LogP contribution in [0.5, 0.6) is 5.75 Å². The topological polar surface area (TPSA) is 45.6 Å². The maximum Gasteiger partial charge on any atom is 0.128 e. The highest BCUT2D eigenvalue weighted by molar-refractivity contribution is 5.41. The molecule has 0 spiro atoms. The molecular formula is C16H26N2O2. The Morgan fingerprint density at radius 2 is 2.20 bits per heavy atom. The van der Waals surface area contributed by atoms with Gasteiger partial charge in [0.15, 0.2) is 0 Å². The molecule has 0 aromatic carbocycles. The highest BCUT2D eigenvalue weighted by atomic mass is 16.5. The Balaban J connectivity index is 2.14. The molecule has 2 heterocycles. The van der Waals surface area contributed by atoms with Crippen LogP contribution in [-0.2, 0) is 6.54 Å². The lowest BCUT2D eigenvalue weighted by atomic mass is 9.83. The molecule has 1 atom stereocenters. The van der Waals surface area contributed by atoms with Gasteiger partial charge in [-0.25, -0.2) is 0 Å². The van der Waals surface area contributed by atoms with Gasteiger partial charge in [0.05, 0.1) is 12.8 Å². The summed E-state index contributed by atoms with van der Waals surface area (Å²) in [6.45, 7) is 9.35. The highest BCUT2D eigenvalue weighted by Gasteiger charge is 2.30. The SMILES string of the molecule is COc1c(C)cnc(CN2CCCC(C)(CO)C2)c1C. The van der Waals surface area contributed by atoms with E-state index in [-0.39, 0.29) is 12.0 Å². The fourth-order valence-electron chi connectivity index (χ4n) is 3.13. The molecule has 0 bridgehead atoms. The van der Waals surface area contributed by atoms with Crippen molar-refractivity contribution in [2.24, 2.45) is 5.41 Å². The molecule has 0 saturated carbocycles. The van der Waals surface area contributed by atoms with Gasteiger partial charge in [-0.15, -0.1) is 0 Å². The predicted molar refractivity (Wildman–Crippen MR) is 80.0 cm³/mol. The number of pyridine rings is 1. The molecule has 1 N–H and O–H groups in total. The molecule has 1 fully saturated rings. The Kier molecular flexibility index (Phi) is 4.66. The molecule has 112 valence electrons. The van der Waals surface area contributed by atoms with E-state index in [1.807, 2.05) is 13.1 Å². The second-order valence-electron chi connectivity index (χ2n) is 6.33. The molecule has 4 heteroatoms. The van der Waals surface area contributed by atoms with Gasteiger partial charge in [-0.1, -0.05) is 6.92 Å². The first-order chi connectivity index (χ1) is 9.49. The number of hydrogen-bond donors (Lipinski definition) is 1. The van der Waals surface area contributed by atoms with Crippen LogP contribution < -0.4 is 4.74 Å². The van der Waals surface area contributed by atoms with Crippen LogP contribution >= 0.6 is 0 Å². The predicted octanol–water partition coefficient (Wildman–Crippen LogP) is 2.30. The number of nitrogens with zero attached hydrogens (tertiary/aromatic N) is 2. The smallest absolute Gasteiger partial charge is 0.128 e. The van der Waals surface area contributed by atoms with E-state index in [1.165, 1.54) is 0 Å². The quantitative estimate of drug-likeness (QED) is 0.918. The molecule has 1 saturated heterocycles. The van der Waals surface area contributed by atoms with Crippen molar-refractivity contribution >= 4 is 0 Å². The van der Waals surface area contributed by atoms with Crippen molar-refractivity contribution < 1.29 is 9.84 Å². The number of aliphatic hydroxyl groups is 1. The molecule has 1 aromatic rings. The number of rotatable bonds is 4. The zero-order valence-electron chi connectivity index (χ0n) is 13.1. The van der Waals surface area contributed by atoms with Crippen LogP contribution in [0.1, 0.15) is 36.6 Å². The molecule has 20 heavy (non-hydrogen) atoms. The van der Waals surface area contributed by atoms with Gasteiger partial charge < -0.3 is 9.84 Å². The molecule has 0 aliphatic carbocycles. The average Bonchev–Trinajstić information content (AvgIpc) is 2.43. The van der Waals surface area contributed by atoms with Crippen molar-refractivity contribution in [2.75, 3.05) is 26.8 Å². The van der Waals surface area contributed by atoms with Crippen LogP contribution in [0.25, 0.3) is 0 Å². The molecule has 1 aliphatic heterocycles. The largest absolute Gasteiger partial charge is 0.496 e. The molecule has 0 radical (unpaired) electrons. The molecule has 0 amide bonds. The maximum absolute atomic E-state index is 9.55. The van der Waals surface area contributed by atoms with Crippen molar-refractivity contribution in [3.63, 3.8) is 0 Å². The van der Waals surface area contributed by atoms with Crippen LogP contribution in [-0.4, -0.2) is 41.8 Å². The summed E-state index contributed by atoms with van der Waals surface area (Å²) in [6.07, 6.45) is 4.12. The number of piperidine rings is 1. The zero-order valence-corrected chi connectivity index (χ0v) is 13.1. The third-order valence-corrected chi connectivity index (χ3v) is 4.36. The maximum atomic E-state index is 9.55. The van der Waals surface area contributed by atoms with Crippen molar-refractivity contribution in [1.82, 2.24) is 9.88 Å². The second-order valence-corrected chi connectivity index (χ2v) is 6.33. The van der Waals surface area contributed by atoms with Crippen molar-refractivity contribution in [1.29, 1.82) is 0 Å². The van der Waals surface area contributed by atoms with E-state index in [0.29, 0.717) is 0 Å². The number of likely N-dealkylation sites (tertiary alicyclic amines) is 1. The number of aliphatic hydroxyl groups excluding tert-OH is 1. The van der Waals surface area contributed by atoms with Gasteiger partial charge in [0.1, 0.15) is 5.75 Å². The monoisotopic (exact) mass is 278 g/mol. The summed E-state index contributed by atoms with van der Waals surface area (Å²) in [5.41, 5.74) is 3.31. The Morgan fingerprint density at radius 1 is 1.45 bits per heavy atom. The van der Waals surface area contributed by atoms with Gasteiger partial charge >= 0.3 is 0 Å². The zero-order chi connectivity index (χ0) is 14.8. The molecule has 1 unspecified atom stereocenters. The summed E-state index contributed by atoms with van der Waals surface area (Å²) in [7, 11) is 1.71. The molecular weight excluding hydrogens is 252 g/mol. The van der Waals surface area contributed by atoms with E-state index < -0.39 is 0 Å². The van der Waals surface area contributed by atoms with E-state index in [4.69, 9.17) is 4.74 Å². The van der Waals surface area contributed by atoms with Crippen molar-refractivity contribution in [3.8, 4) is 5.75 Å². The summed E-state index contributed by atoms with van der Waals surface area (Å²) in [4.78, 5) is 6.96. The first kappa shape index (κ1) is 15.3. The fraction of sp³-hybridized carbons (Fsp3) is 0.688. The van der Waals surface area contributed by atoms with Gasteiger partial charge in [0.2, 0.25) is 0 Å². The Labute approximate surface area is 121 Å². The summed E-state index contributed by atoms with van der Waals surface area (Å²) in [6, 6.07) is 0. The number of methoxy groups -OCH3 is 1. The minimum absolute atomic E-state index is 0.0287. The van der Waals surface area contributed by atoms with Gasteiger partial charge in [-0.2, -0.15) is 0 Å². The molecule has 4 nitrogen and oxygen atoms in total. The summed E-state index contributed by atoms with van der Waals surface area (Å²) in [5, 5.41) is 9.55. The number of aromatic nitrogens is 1. The van der Waals surface area contributed by atoms with Crippen LogP contribution in [0.2, 0.25) is 0 Å². The van der Waals surface area contributed by atoms with Crippen LogP contribution in [0.3, 0.4) is 0 Å². The lowest BCUT2D eigenvalue weighted by Gasteiger charge is -2.39. The fourth-order valence-corrected chi connectivity index (χ4v) is 3.13.